The lowest BCUT2D eigenvalue weighted by Crippen LogP contribution is -2.49. The van der Waals surface area contributed by atoms with Gasteiger partial charge in [-0.25, -0.2) is 15.0 Å². The number of rotatable bonds is 4. The Morgan fingerprint density at radius 1 is 0.946 bits per heavy atom. The summed E-state index contributed by atoms with van der Waals surface area (Å²) >= 11 is 0. The Morgan fingerprint density at radius 2 is 1.78 bits per heavy atom. The number of morpholine rings is 1. The van der Waals surface area contributed by atoms with Crippen LogP contribution in [0.5, 0.6) is 0 Å². The number of aromatic nitrogens is 3. The molecule has 9 nitrogen and oxygen atoms in total. The molecule has 37 heavy (non-hydrogen) atoms. The molecule has 6 heterocycles. The van der Waals surface area contributed by atoms with Gasteiger partial charge in [0.1, 0.15) is 11.5 Å². The molecule has 0 amide bonds. The van der Waals surface area contributed by atoms with Gasteiger partial charge in [0.15, 0.2) is 5.82 Å². The number of hydrogen-bond acceptors (Lipinski definition) is 9. The fourth-order valence-electron chi connectivity index (χ4n) is 6.86. The monoisotopic (exact) mass is 500 g/mol. The van der Waals surface area contributed by atoms with Crippen LogP contribution in [0.1, 0.15) is 51.4 Å². The molecule has 7 rings (SSSR count). The third-order valence-electron chi connectivity index (χ3n) is 8.89. The van der Waals surface area contributed by atoms with E-state index >= 15 is 0 Å². The van der Waals surface area contributed by atoms with Crippen molar-refractivity contribution in [3.05, 3.63) is 36.3 Å². The van der Waals surface area contributed by atoms with Crippen molar-refractivity contribution in [3.8, 4) is 0 Å². The summed E-state index contributed by atoms with van der Waals surface area (Å²) in [5, 5.41) is 3.34. The SMILES string of the molecule is C1=Nc2cnc(Nc3ccc(N4CCC(N5CCOCC5)CC4)cn3)nc2N2C1=CCC21CCCCC1. The number of nitrogens with one attached hydrogen (secondary N) is 1. The second-order valence-electron chi connectivity index (χ2n) is 11.0. The molecule has 4 aliphatic heterocycles. The molecular weight excluding hydrogens is 464 g/mol. The fraction of sp³-hybridized carbons (Fsp3) is 0.571. The minimum Gasteiger partial charge on any atom is -0.379 e. The van der Waals surface area contributed by atoms with Crippen LogP contribution < -0.4 is 15.1 Å². The van der Waals surface area contributed by atoms with E-state index in [0.29, 0.717) is 12.0 Å². The van der Waals surface area contributed by atoms with Crippen molar-refractivity contribution in [1.29, 1.82) is 0 Å². The van der Waals surface area contributed by atoms with Crippen LogP contribution in [0.15, 0.2) is 41.3 Å². The summed E-state index contributed by atoms with van der Waals surface area (Å²) in [6.07, 6.45) is 17.9. The summed E-state index contributed by atoms with van der Waals surface area (Å²) < 4.78 is 5.52. The lowest BCUT2D eigenvalue weighted by atomic mass is 9.79. The third-order valence-corrected chi connectivity index (χ3v) is 8.89. The molecule has 194 valence electrons. The van der Waals surface area contributed by atoms with Crippen molar-refractivity contribution in [3.63, 3.8) is 0 Å². The lowest BCUT2D eigenvalue weighted by molar-refractivity contribution is 0.0115. The summed E-state index contributed by atoms with van der Waals surface area (Å²) in [5.41, 5.74) is 3.35. The van der Waals surface area contributed by atoms with Gasteiger partial charge in [-0.15, -0.1) is 0 Å². The molecule has 0 aromatic carbocycles. The first-order chi connectivity index (χ1) is 18.3. The van der Waals surface area contributed by atoms with Crippen molar-refractivity contribution in [2.75, 3.05) is 54.5 Å². The summed E-state index contributed by atoms with van der Waals surface area (Å²) in [5.74, 6) is 2.25. The highest BCUT2D eigenvalue weighted by atomic mass is 16.5. The average molecular weight is 501 g/mol. The molecule has 2 aromatic heterocycles. The highest BCUT2D eigenvalue weighted by Gasteiger charge is 2.45. The van der Waals surface area contributed by atoms with Gasteiger partial charge in [0.2, 0.25) is 5.95 Å². The maximum atomic E-state index is 5.52. The normalized spacial score (nSPS) is 23.6. The number of ether oxygens (including phenoxy) is 1. The van der Waals surface area contributed by atoms with E-state index in [1.54, 1.807) is 0 Å². The number of nitrogens with zero attached hydrogens (tertiary/aromatic N) is 7. The number of piperidine rings is 1. The van der Waals surface area contributed by atoms with Crippen LogP contribution in [0, 0.1) is 0 Å². The zero-order valence-corrected chi connectivity index (χ0v) is 21.5. The van der Waals surface area contributed by atoms with E-state index in [2.05, 4.69) is 42.1 Å². The molecule has 5 aliphatic rings. The summed E-state index contributed by atoms with van der Waals surface area (Å²) in [6, 6.07) is 4.87. The molecule has 0 radical (unpaired) electrons. The van der Waals surface area contributed by atoms with Crippen molar-refractivity contribution < 1.29 is 4.74 Å². The van der Waals surface area contributed by atoms with Crippen molar-refractivity contribution in [1.82, 2.24) is 19.9 Å². The molecule has 2 aromatic rings. The molecule has 9 heteroatoms. The number of pyridine rings is 1. The highest BCUT2D eigenvalue weighted by molar-refractivity contribution is 5.94. The van der Waals surface area contributed by atoms with Gasteiger partial charge in [-0.2, -0.15) is 4.98 Å². The van der Waals surface area contributed by atoms with E-state index in [4.69, 9.17) is 14.7 Å². The second-order valence-corrected chi connectivity index (χ2v) is 11.0. The van der Waals surface area contributed by atoms with Gasteiger partial charge in [-0.05, 0) is 44.2 Å². The number of hydrogen-bond donors (Lipinski definition) is 1. The van der Waals surface area contributed by atoms with Gasteiger partial charge in [0.05, 0.1) is 48.7 Å². The Labute approximate surface area is 218 Å². The van der Waals surface area contributed by atoms with Crippen molar-refractivity contribution in [2.45, 2.75) is 62.9 Å². The first-order valence-corrected chi connectivity index (χ1v) is 14.0. The zero-order valence-electron chi connectivity index (χ0n) is 21.5. The van der Waals surface area contributed by atoms with Crippen molar-refractivity contribution >= 4 is 35.2 Å². The Balaban J connectivity index is 1.03. The molecule has 1 aliphatic carbocycles. The van der Waals surface area contributed by atoms with Crippen LogP contribution in [0.3, 0.4) is 0 Å². The van der Waals surface area contributed by atoms with Crippen LogP contribution in [-0.4, -0.2) is 77.0 Å². The molecule has 1 spiro atoms. The van der Waals surface area contributed by atoms with E-state index in [1.165, 1.54) is 56.3 Å². The average Bonchev–Trinajstić information content (AvgIpc) is 3.32. The van der Waals surface area contributed by atoms with Crippen LogP contribution in [0.25, 0.3) is 0 Å². The number of aliphatic imine (C=N–C) groups is 1. The van der Waals surface area contributed by atoms with Gasteiger partial charge in [0.25, 0.3) is 0 Å². The Bertz CT molecular complexity index is 1180. The van der Waals surface area contributed by atoms with E-state index in [0.717, 1.165) is 63.1 Å². The third kappa shape index (κ3) is 4.38. The van der Waals surface area contributed by atoms with Crippen LogP contribution in [0.2, 0.25) is 0 Å². The molecule has 1 saturated carbocycles. The van der Waals surface area contributed by atoms with Gasteiger partial charge in [0, 0.05) is 32.2 Å². The lowest BCUT2D eigenvalue weighted by Gasteiger charge is -2.44. The van der Waals surface area contributed by atoms with E-state index in [9.17, 15) is 0 Å². The Kier molecular flexibility index (Phi) is 6.05. The molecule has 1 N–H and O–H groups in total. The van der Waals surface area contributed by atoms with Gasteiger partial charge in [-0.1, -0.05) is 25.3 Å². The first kappa shape index (κ1) is 23.1. The summed E-state index contributed by atoms with van der Waals surface area (Å²) in [6.45, 7) is 6.02. The smallest absolute Gasteiger partial charge is 0.230 e. The minimum absolute atomic E-state index is 0.148. The molecule has 0 atom stereocenters. The zero-order chi connectivity index (χ0) is 24.7. The summed E-state index contributed by atoms with van der Waals surface area (Å²) in [7, 11) is 0. The van der Waals surface area contributed by atoms with E-state index < -0.39 is 0 Å². The van der Waals surface area contributed by atoms with Crippen LogP contribution >= 0.6 is 0 Å². The van der Waals surface area contributed by atoms with Gasteiger partial charge >= 0.3 is 0 Å². The van der Waals surface area contributed by atoms with Crippen LogP contribution in [-0.2, 0) is 4.74 Å². The minimum atomic E-state index is 0.148. The Morgan fingerprint density at radius 3 is 2.57 bits per heavy atom. The maximum absolute atomic E-state index is 5.52. The standard InChI is InChI=1S/C28H36N8O/c1-2-9-28(10-3-1)11-6-23-19-29-24-20-31-27(33-26(24)36(23)28)32-25-5-4-22(18-30-25)34-12-7-21(8-13-34)35-14-16-37-17-15-35/h4-6,18-21H,1-3,7-17H2,(H,30,31,32,33). The largest absolute Gasteiger partial charge is 0.379 e. The highest BCUT2D eigenvalue weighted by Crippen LogP contribution is 2.49. The summed E-state index contributed by atoms with van der Waals surface area (Å²) in [4.78, 5) is 26.4. The van der Waals surface area contributed by atoms with E-state index in [1.807, 2.05) is 24.7 Å². The topological polar surface area (TPSA) is 82.0 Å². The Hall–Kier alpha value is -3.04. The van der Waals surface area contributed by atoms with Gasteiger partial charge in [-0.3, -0.25) is 4.90 Å². The molecule has 2 saturated heterocycles. The molecular formula is C28H36N8O. The predicted octanol–water partition coefficient (Wildman–Crippen LogP) is 4.43. The fourth-order valence-corrected chi connectivity index (χ4v) is 6.86. The number of fused-ring (bicyclic) bond motifs is 4. The molecule has 0 unspecified atom stereocenters. The molecule has 3 fully saturated rings. The van der Waals surface area contributed by atoms with E-state index in [-0.39, 0.29) is 5.54 Å². The number of anilines is 4. The predicted molar refractivity (Wildman–Crippen MR) is 146 cm³/mol. The van der Waals surface area contributed by atoms with Crippen molar-refractivity contribution in [2.24, 2.45) is 4.99 Å². The molecule has 0 bridgehead atoms. The first-order valence-electron chi connectivity index (χ1n) is 14.0. The number of allylic oxidation sites excluding steroid dienone is 1. The van der Waals surface area contributed by atoms with Crippen LogP contribution in [0.4, 0.5) is 29.0 Å². The maximum Gasteiger partial charge on any atom is 0.230 e. The quantitative estimate of drug-likeness (QED) is 0.660. The van der Waals surface area contributed by atoms with Gasteiger partial charge < -0.3 is 19.9 Å². The second kappa shape index (κ2) is 9.68.